The molecule has 164 valence electrons. The number of rotatable bonds is 8. The molecular formula is C20H28N4O4S2. The van der Waals surface area contributed by atoms with E-state index in [0.29, 0.717) is 31.0 Å². The molecule has 1 atom stereocenters. The van der Waals surface area contributed by atoms with Crippen LogP contribution in [0.15, 0.2) is 35.4 Å². The van der Waals surface area contributed by atoms with E-state index in [-0.39, 0.29) is 18.4 Å². The molecule has 0 bridgehead atoms. The zero-order valence-electron chi connectivity index (χ0n) is 17.3. The number of hydrogen-bond acceptors (Lipinski definition) is 6. The molecule has 2 heterocycles. The van der Waals surface area contributed by atoms with Crippen LogP contribution in [0.25, 0.3) is 0 Å². The normalized spacial score (nSPS) is 21.9. The van der Waals surface area contributed by atoms with Crippen molar-refractivity contribution in [2.24, 2.45) is 5.10 Å². The number of thioether (sulfide) groups is 1. The van der Waals surface area contributed by atoms with Gasteiger partial charge in [-0.15, -0.1) is 5.10 Å². The summed E-state index contributed by atoms with van der Waals surface area (Å²) in [5, 5.41) is 6.59. The molecule has 0 radical (unpaired) electrons. The van der Waals surface area contributed by atoms with Gasteiger partial charge in [0.25, 0.3) is 0 Å². The van der Waals surface area contributed by atoms with Gasteiger partial charge in [-0.25, -0.2) is 18.1 Å². The fraction of sp³-hybridized carbons (Fsp3) is 0.550. The quantitative estimate of drug-likeness (QED) is 0.653. The molecule has 1 unspecified atom stereocenters. The number of hydrogen-bond donors (Lipinski definition) is 1. The van der Waals surface area contributed by atoms with E-state index < -0.39 is 14.9 Å². The molecule has 2 aliphatic heterocycles. The fourth-order valence-corrected chi connectivity index (χ4v) is 5.51. The fourth-order valence-electron chi connectivity index (χ4n) is 3.62. The molecule has 0 saturated carbocycles. The highest BCUT2D eigenvalue weighted by atomic mass is 32.2. The number of unbranched alkanes of at least 4 members (excludes halogenated alkanes) is 1. The Kier molecular flexibility index (Phi) is 7.20. The Bertz CT molecular complexity index is 920. The Balaban J connectivity index is 1.99. The Hall–Kier alpha value is -1.91. The Morgan fingerprint density at radius 2 is 2.03 bits per heavy atom. The highest BCUT2D eigenvalue weighted by Gasteiger charge is 2.50. The molecule has 1 aromatic rings. The van der Waals surface area contributed by atoms with E-state index in [0.717, 1.165) is 31.1 Å². The highest BCUT2D eigenvalue weighted by Crippen LogP contribution is 2.49. The molecule has 0 aliphatic carbocycles. The predicted octanol–water partition coefficient (Wildman–Crippen LogP) is 2.44. The van der Waals surface area contributed by atoms with E-state index in [1.165, 1.54) is 16.8 Å². The minimum Gasteiger partial charge on any atom is -0.290 e. The van der Waals surface area contributed by atoms with E-state index in [2.05, 4.69) is 9.82 Å². The molecule has 0 aromatic heterocycles. The average molecular weight is 453 g/mol. The molecule has 3 rings (SSSR count). The van der Waals surface area contributed by atoms with E-state index in [4.69, 9.17) is 0 Å². The predicted molar refractivity (Wildman–Crippen MR) is 118 cm³/mol. The lowest BCUT2D eigenvalue weighted by atomic mass is 10.0. The second kappa shape index (κ2) is 9.49. The molecule has 1 N–H and O–H groups in total. The van der Waals surface area contributed by atoms with E-state index >= 15 is 0 Å². The van der Waals surface area contributed by atoms with Gasteiger partial charge in [0.2, 0.25) is 21.8 Å². The second-order valence-electron chi connectivity index (χ2n) is 7.51. The van der Waals surface area contributed by atoms with Crippen LogP contribution in [0.5, 0.6) is 0 Å². The first kappa shape index (κ1) is 22.8. The topological polar surface area (TPSA) is 99.2 Å². The van der Waals surface area contributed by atoms with Gasteiger partial charge in [-0.3, -0.25) is 14.5 Å². The van der Waals surface area contributed by atoms with Crippen molar-refractivity contribution in [2.75, 3.05) is 19.3 Å². The lowest BCUT2D eigenvalue weighted by Crippen LogP contribution is -2.43. The van der Waals surface area contributed by atoms with Gasteiger partial charge in [-0.1, -0.05) is 55.4 Å². The van der Waals surface area contributed by atoms with Crippen molar-refractivity contribution < 1.29 is 18.0 Å². The lowest BCUT2D eigenvalue weighted by Gasteiger charge is -2.36. The summed E-state index contributed by atoms with van der Waals surface area (Å²) in [4.78, 5) is 26.2. The maximum absolute atomic E-state index is 13.2. The van der Waals surface area contributed by atoms with Crippen LogP contribution in [0, 0.1) is 0 Å². The van der Waals surface area contributed by atoms with Crippen LogP contribution >= 0.6 is 11.8 Å². The summed E-state index contributed by atoms with van der Waals surface area (Å²) in [5.74, 6) is -0.130. The number of benzene rings is 1. The number of carbonyl (C=O) groups is 2. The van der Waals surface area contributed by atoms with Gasteiger partial charge in [0.15, 0.2) is 5.17 Å². The van der Waals surface area contributed by atoms with Gasteiger partial charge in [0.1, 0.15) is 4.87 Å². The second-order valence-corrected chi connectivity index (χ2v) is 10.6. The summed E-state index contributed by atoms with van der Waals surface area (Å²) < 4.78 is 25.8. The number of sulfonamides is 1. The van der Waals surface area contributed by atoms with E-state index in [9.17, 15) is 18.0 Å². The third kappa shape index (κ3) is 5.04. The van der Waals surface area contributed by atoms with Gasteiger partial charge < -0.3 is 0 Å². The van der Waals surface area contributed by atoms with Crippen LogP contribution in [0.4, 0.5) is 0 Å². The molecule has 1 aromatic carbocycles. The standard InChI is InChI=1S/C20H28N4O4S2/c1-3-4-11-18(26)24-20(13-14-21-30(2,27)28,16-9-6-5-7-10-16)29-19(22-24)23-15-8-12-17(23)25/h5-7,9-10,21H,3-4,8,11-15H2,1-2H3. The number of hydrazone groups is 1. The van der Waals surface area contributed by atoms with Crippen LogP contribution < -0.4 is 4.72 Å². The van der Waals surface area contributed by atoms with Crippen LogP contribution in [-0.4, -0.2) is 54.7 Å². The van der Waals surface area contributed by atoms with Crippen molar-refractivity contribution in [3.8, 4) is 0 Å². The minimum absolute atomic E-state index is 0.000305. The molecule has 2 amide bonds. The first-order valence-corrected chi connectivity index (χ1v) is 12.9. The molecule has 2 aliphatic rings. The van der Waals surface area contributed by atoms with Crippen molar-refractivity contribution in [1.29, 1.82) is 0 Å². The third-order valence-electron chi connectivity index (χ3n) is 5.13. The van der Waals surface area contributed by atoms with Gasteiger partial charge in [0.05, 0.1) is 6.26 Å². The molecular weight excluding hydrogens is 424 g/mol. The van der Waals surface area contributed by atoms with Crippen LogP contribution in [0.2, 0.25) is 0 Å². The molecule has 8 nitrogen and oxygen atoms in total. The number of nitrogens with zero attached hydrogens (tertiary/aromatic N) is 3. The molecule has 30 heavy (non-hydrogen) atoms. The maximum atomic E-state index is 13.2. The Morgan fingerprint density at radius 1 is 1.30 bits per heavy atom. The molecule has 1 fully saturated rings. The first-order chi connectivity index (χ1) is 14.3. The zero-order chi connectivity index (χ0) is 21.8. The summed E-state index contributed by atoms with van der Waals surface area (Å²) in [6.45, 7) is 2.74. The lowest BCUT2D eigenvalue weighted by molar-refractivity contribution is -0.135. The van der Waals surface area contributed by atoms with Gasteiger partial charge in [-0.05, 0) is 18.4 Å². The Morgan fingerprint density at radius 3 is 2.63 bits per heavy atom. The van der Waals surface area contributed by atoms with Crippen LogP contribution in [-0.2, 0) is 24.5 Å². The number of nitrogens with one attached hydrogen (secondary N) is 1. The number of amides is 2. The number of carbonyl (C=O) groups excluding carboxylic acids is 2. The van der Waals surface area contributed by atoms with Crippen LogP contribution in [0.3, 0.4) is 0 Å². The summed E-state index contributed by atoms with van der Waals surface area (Å²) in [6, 6.07) is 9.49. The SMILES string of the molecule is CCCCC(=O)N1N=C(N2CCCC2=O)SC1(CCNS(C)(=O)=O)c1ccccc1. The van der Waals surface area contributed by atoms with Crippen LogP contribution in [0.1, 0.15) is 51.0 Å². The van der Waals surface area contributed by atoms with Crippen molar-refractivity contribution in [3.63, 3.8) is 0 Å². The van der Waals surface area contributed by atoms with Crippen molar-refractivity contribution >= 4 is 38.8 Å². The summed E-state index contributed by atoms with van der Waals surface area (Å²) in [6.07, 6.45) is 4.62. The zero-order valence-corrected chi connectivity index (χ0v) is 19.0. The van der Waals surface area contributed by atoms with Gasteiger partial charge >= 0.3 is 0 Å². The molecule has 1 saturated heterocycles. The van der Waals surface area contributed by atoms with Crippen molar-refractivity contribution in [3.05, 3.63) is 35.9 Å². The minimum atomic E-state index is -3.38. The molecule has 10 heteroatoms. The number of amidine groups is 1. The highest BCUT2D eigenvalue weighted by molar-refractivity contribution is 8.14. The smallest absolute Gasteiger partial charge is 0.244 e. The van der Waals surface area contributed by atoms with Crippen molar-refractivity contribution in [1.82, 2.24) is 14.6 Å². The Labute approximate surface area is 182 Å². The first-order valence-electron chi connectivity index (χ1n) is 10.2. The monoisotopic (exact) mass is 452 g/mol. The molecule has 0 spiro atoms. The summed E-state index contributed by atoms with van der Waals surface area (Å²) in [7, 11) is -3.38. The maximum Gasteiger partial charge on any atom is 0.244 e. The number of likely N-dealkylation sites (tertiary alicyclic amines) is 1. The van der Waals surface area contributed by atoms with Gasteiger partial charge in [0, 0.05) is 32.4 Å². The van der Waals surface area contributed by atoms with E-state index in [1.54, 1.807) is 4.90 Å². The van der Waals surface area contributed by atoms with E-state index in [1.807, 2.05) is 37.3 Å². The summed E-state index contributed by atoms with van der Waals surface area (Å²) >= 11 is 1.36. The summed E-state index contributed by atoms with van der Waals surface area (Å²) in [5.41, 5.74) is 0.848. The van der Waals surface area contributed by atoms with Gasteiger partial charge in [-0.2, -0.15) is 0 Å². The van der Waals surface area contributed by atoms with Crippen molar-refractivity contribution in [2.45, 2.75) is 50.3 Å². The largest absolute Gasteiger partial charge is 0.290 e. The third-order valence-corrected chi connectivity index (χ3v) is 7.29. The average Bonchev–Trinajstić information content (AvgIpc) is 3.30.